The van der Waals surface area contributed by atoms with Gasteiger partial charge in [-0.2, -0.15) is 9.78 Å². The summed E-state index contributed by atoms with van der Waals surface area (Å²) < 4.78 is 19.5. The minimum atomic E-state index is -1.01. The van der Waals surface area contributed by atoms with Gasteiger partial charge in [-0.25, -0.2) is 9.18 Å². The molecule has 4 heterocycles. The van der Waals surface area contributed by atoms with E-state index < -0.39 is 17.8 Å². The monoisotopic (exact) mass is 657 g/mol. The lowest BCUT2D eigenvalue weighted by molar-refractivity contribution is -0.910. The Labute approximate surface area is 273 Å². The molecule has 47 heavy (non-hydrogen) atoms. The molecule has 0 bridgehead atoms. The van der Waals surface area contributed by atoms with Crippen LogP contribution in [0.15, 0.2) is 73.4 Å². The molecule has 14 heteroatoms. The molecule has 1 aliphatic heterocycles. The fraction of sp³-hybridized carbons (Fsp3) is 0.303. The van der Waals surface area contributed by atoms with E-state index in [1.165, 1.54) is 35.4 Å². The van der Waals surface area contributed by atoms with Gasteiger partial charge >= 0.3 is 5.97 Å². The molecule has 7 rings (SSSR count). The van der Waals surface area contributed by atoms with Crippen LogP contribution in [0.5, 0.6) is 0 Å². The van der Waals surface area contributed by atoms with Crippen molar-refractivity contribution >= 4 is 23.5 Å². The smallest absolute Gasteiger partial charge is 0.335 e. The minimum Gasteiger partial charge on any atom is -0.478 e. The predicted octanol–water partition coefficient (Wildman–Crippen LogP) is 4.84. The Kier molecular flexibility index (Phi) is 8.14. The van der Waals surface area contributed by atoms with Gasteiger partial charge in [0.2, 0.25) is 12.1 Å². The van der Waals surface area contributed by atoms with Crippen LogP contribution in [0.4, 0.5) is 4.39 Å². The molecule has 2 aliphatic rings. The number of hydrogen-bond donors (Lipinski definition) is 2. The van der Waals surface area contributed by atoms with Crippen molar-refractivity contribution in [3.05, 3.63) is 95.5 Å². The molecule has 12 nitrogen and oxygen atoms in total. The number of carbonyl (C=O) groups excluding carboxylic acids is 1. The lowest BCUT2D eigenvalue weighted by Gasteiger charge is -2.27. The number of carboxylic acid groups (broad SMARTS) is 1. The molecule has 240 valence electrons. The number of likely N-dealkylation sites (tertiary alicyclic amines) is 1. The van der Waals surface area contributed by atoms with E-state index in [2.05, 4.69) is 20.6 Å². The highest BCUT2D eigenvalue weighted by molar-refractivity contribution is 6.31. The number of rotatable bonds is 9. The number of amides is 1. The summed E-state index contributed by atoms with van der Waals surface area (Å²) in [6.45, 7) is 1.58. The molecule has 2 fully saturated rings. The molecule has 2 unspecified atom stereocenters. The first-order valence-corrected chi connectivity index (χ1v) is 15.8. The summed E-state index contributed by atoms with van der Waals surface area (Å²) in [5, 5.41) is 36.5. The van der Waals surface area contributed by atoms with Gasteiger partial charge in [0.1, 0.15) is 12.4 Å². The number of piperidine rings is 1. The van der Waals surface area contributed by atoms with Crippen molar-refractivity contribution in [3.8, 4) is 27.9 Å². The van der Waals surface area contributed by atoms with Crippen LogP contribution < -0.4 is 4.73 Å². The van der Waals surface area contributed by atoms with E-state index in [1.54, 1.807) is 41.2 Å². The first kappa shape index (κ1) is 30.5. The number of aromatic nitrogens is 7. The van der Waals surface area contributed by atoms with E-state index in [1.807, 2.05) is 11.1 Å². The summed E-state index contributed by atoms with van der Waals surface area (Å²) in [5.41, 5.74) is 2.98. The summed E-state index contributed by atoms with van der Waals surface area (Å²) in [7, 11) is 0. The fourth-order valence-electron chi connectivity index (χ4n) is 6.46. The number of nitrogens with zero attached hydrogens (tertiary/aromatic N) is 8. The summed E-state index contributed by atoms with van der Waals surface area (Å²) in [5.74, 6) is -1.50. The molecule has 1 amide bonds. The van der Waals surface area contributed by atoms with Crippen LogP contribution in [0.25, 0.3) is 27.9 Å². The molecular weight excluding hydrogens is 627 g/mol. The largest absolute Gasteiger partial charge is 0.478 e. The SMILES string of the molecule is O=C(O)c1ccc(-c2cnn([C@H](CC3CC3C(=O)N3CCCCC3)c3ccc(-c4c(-n5cnnn5)ccc(Cl)c4F)c[n+]3O)c2)cc1. The Morgan fingerprint density at radius 3 is 2.49 bits per heavy atom. The van der Waals surface area contributed by atoms with Crippen LogP contribution in [0.1, 0.15) is 54.2 Å². The number of aromatic carboxylic acids is 1. The number of benzene rings is 2. The quantitative estimate of drug-likeness (QED) is 0.169. The number of halogens is 2. The van der Waals surface area contributed by atoms with E-state index in [0.29, 0.717) is 23.4 Å². The summed E-state index contributed by atoms with van der Waals surface area (Å²) >= 11 is 6.16. The van der Waals surface area contributed by atoms with Crippen molar-refractivity contribution in [2.75, 3.05) is 13.1 Å². The highest BCUT2D eigenvalue weighted by atomic mass is 35.5. The Morgan fingerprint density at radius 2 is 1.79 bits per heavy atom. The third-order valence-electron chi connectivity index (χ3n) is 9.08. The average Bonchev–Trinajstić information content (AvgIpc) is 3.41. The average molecular weight is 658 g/mol. The van der Waals surface area contributed by atoms with Gasteiger partial charge in [0, 0.05) is 41.6 Å². The van der Waals surface area contributed by atoms with Crippen molar-refractivity contribution in [2.24, 2.45) is 11.8 Å². The second-order valence-corrected chi connectivity index (χ2v) is 12.4. The number of carbonyl (C=O) groups is 2. The number of tetrazole rings is 1. The fourth-order valence-corrected chi connectivity index (χ4v) is 6.62. The van der Waals surface area contributed by atoms with Gasteiger partial charge in [-0.3, -0.25) is 14.7 Å². The molecule has 1 saturated carbocycles. The lowest BCUT2D eigenvalue weighted by atomic mass is 10.0. The maximum Gasteiger partial charge on any atom is 0.335 e. The van der Waals surface area contributed by atoms with Gasteiger partial charge in [-0.1, -0.05) is 23.7 Å². The Morgan fingerprint density at radius 1 is 1.02 bits per heavy atom. The van der Waals surface area contributed by atoms with Crippen molar-refractivity contribution in [3.63, 3.8) is 0 Å². The molecule has 2 N–H and O–H groups in total. The molecule has 1 saturated heterocycles. The van der Waals surface area contributed by atoms with Crippen molar-refractivity contribution < 1.29 is 29.0 Å². The maximum atomic E-state index is 15.5. The summed E-state index contributed by atoms with van der Waals surface area (Å²) in [4.78, 5) is 26.6. The molecule has 1 aliphatic carbocycles. The first-order chi connectivity index (χ1) is 22.8. The Balaban J connectivity index is 1.23. The van der Waals surface area contributed by atoms with Gasteiger partial charge in [0.25, 0.3) is 5.69 Å². The second kappa shape index (κ2) is 12.6. The topological polar surface area (TPSA) is 143 Å². The Hall–Kier alpha value is -5.17. The van der Waals surface area contributed by atoms with Gasteiger partial charge in [0.15, 0.2) is 5.82 Å². The summed E-state index contributed by atoms with van der Waals surface area (Å²) in [6.07, 6.45) is 10.7. The molecule has 0 radical (unpaired) electrons. The van der Waals surface area contributed by atoms with E-state index in [-0.39, 0.29) is 33.9 Å². The van der Waals surface area contributed by atoms with Gasteiger partial charge in [0.05, 0.1) is 33.6 Å². The van der Waals surface area contributed by atoms with Crippen molar-refractivity contribution in [1.29, 1.82) is 0 Å². The van der Waals surface area contributed by atoms with Crippen LogP contribution in [0, 0.1) is 17.7 Å². The van der Waals surface area contributed by atoms with E-state index in [0.717, 1.165) is 54.6 Å². The molecule has 2 aromatic carbocycles. The molecular formula is C33H31ClFN8O4+. The number of hydrogen-bond acceptors (Lipinski definition) is 7. The van der Waals surface area contributed by atoms with Crippen LogP contribution in [-0.2, 0) is 4.79 Å². The predicted molar refractivity (Wildman–Crippen MR) is 166 cm³/mol. The lowest BCUT2D eigenvalue weighted by Crippen LogP contribution is -2.39. The highest BCUT2D eigenvalue weighted by Gasteiger charge is 2.47. The van der Waals surface area contributed by atoms with Crippen LogP contribution >= 0.6 is 11.6 Å². The molecule has 5 aromatic rings. The minimum absolute atomic E-state index is 0.0833. The zero-order valence-corrected chi connectivity index (χ0v) is 25.9. The van der Waals surface area contributed by atoms with E-state index in [9.17, 15) is 19.9 Å². The van der Waals surface area contributed by atoms with Gasteiger partial charge < -0.3 is 10.0 Å². The third-order valence-corrected chi connectivity index (χ3v) is 9.37. The normalized spacial score (nSPS) is 18.2. The number of pyridine rings is 1. The van der Waals surface area contributed by atoms with Crippen molar-refractivity contribution in [2.45, 2.75) is 38.1 Å². The van der Waals surface area contributed by atoms with Crippen LogP contribution in [-0.4, -0.2) is 70.2 Å². The standard InChI is InChI=1S/C33H30ClFN8O4/c34-26-9-11-28(42-19-36-38-39-42)30(31(26)35)22-8-10-27(43(47)18-22)29(15-23-14-25(23)32(44)40-12-2-1-3-13-40)41-17-24(16-37-41)20-4-6-21(7-5-20)33(45)46/h4-11,16-19,23,25,29H,1-3,12-15H2,(H-,45,46,47)/p+1/t23?,25?,29-/m1/s1. The zero-order chi connectivity index (χ0) is 32.7. The first-order valence-electron chi connectivity index (χ1n) is 15.4. The second-order valence-electron chi connectivity index (χ2n) is 12.0. The molecule has 3 atom stereocenters. The van der Waals surface area contributed by atoms with E-state index >= 15 is 4.39 Å². The Bertz CT molecular complexity index is 1940. The van der Waals surface area contributed by atoms with Gasteiger partial charge in [-0.15, -0.1) is 5.10 Å². The molecule has 0 spiro atoms. The number of carboxylic acids is 1. The third kappa shape index (κ3) is 6.06. The zero-order valence-electron chi connectivity index (χ0n) is 25.2. The molecule has 3 aromatic heterocycles. The maximum absolute atomic E-state index is 15.5. The van der Waals surface area contributed by atoms with E-state index in [4.69, 9.17) is 11.6 Å². The van der Waals surface area contributed by atoms with Crippen molar-refractivity contribution in [1.82, 2.24) is 34.9 Å². The van der Waals surface area contributed by atoms with Gasteiger partial charge in [-0.05, 0) is 84.3 Å². The van der Waals surface area contributed by atoms with Crippen LogP contribution in [0.2, 0.25) is 5.02 Å². The van der Waals surface area contributed by atoms with Crippen LogP contribution in [0.3, 0.4) is 0 Å². The summed E-state index contributed by atoms with van der Waals surface area (Å²) in [6, 6.07) is 12.4. The highest BCUT2D eigenvalue weighted by Crippen LogP contribution is 2.47.